The first-order valence-electron chi connectivity index (χ1n) is 5.52. The van der Waals surface area contributed by atoms with Crippen molar-refractivity contribution in [3.05, 3.63) is 54.2 Å². The quantitative estimate of drug-likeness (QED) is 0.908. The van der Waals surface area contributed by atoms with Crippen LogP contribution in [-0.4, -0.2) is 16.2 Å². The number of benzene rings is 1. The van der Waals surface area contributed by atoms with E-state index in [1.807, 2.05) is 0 Å². The third-order valence-corrected chi connectivity index (χ3v) is 2.46. The number of amides is 1. The van der Waals surface area contributed by atoms with Crippen LogP contribution in [0.3, 0.4) is 0 Å². The second kappa shape index (κ2) is 5.20. The van der Waals surface area contributed by atoms with Gasteiger partial charge >= 0.3 is 12.3 Å². The van der Waals surface area contributed by atoms with E-state index in [-0.39, 0.29) is 11.5 Å². The minimum Gasteiger partial charge on any atom is -0.464 e. The Bertz CT molecular complexity index is 615. The Morgan fingerprint density at radius 1 is 1.05 bits per heavy atom. The highest BCUT2D eigenvalue weighted by atomic mass is 19.4. The minimum atomic E-state index is -4.63. The van der Waals surface area contributed by atoms with Gasteiger partial charge in [0.05, 0.1) is 5.69 Å². The number of nitrogens with zero attached hydrogens (tertiary/aromatic N) is 2. The van der Waals surface area contributed by atoms with Crippen molar-refractivity contribution >= 4 is 17.6 Å². The molecule has 2 aromatic rings. The second-order valence-electron chi connectivity index (χ2n) is 3.83. The maximum atomic E-state index is 12.6. The van der Waals surface area contributed by atoms with Crippen molar-refractivity contribution in [1.82, 2.24) is 4.98 Å². The number of hydrogen-bond acceptors (Lipinski definition) is 2. The van der Waals surface area contributed by atoms with Crippen LogP contribution in [0.4, 0.5) is 29.5 Å². The third-order valence-electron chi connectivity index (χ3n) is 2.46. The van der Waals surface area contributed by atoms with Crippen molar-refractivity contribution in [3.63, 3.8) is 0 Å². The Labute approximate surface area is 112 Å². The van der Waals surface area contributed by atoms with Crippen molar-refractivity contribution in [3.8, 4) is 0 Å². The number of aromatic nitrogens is 1. The lowest BCUT2D eigenvalue weighted by Gasteiger charge is -2.19. The molecule has 0 radical (unpaired) electrons. The number of pyridine rings is 1. The molecule has 4 nitrogen and oxygen atoms in total. The molecule has 0 spiro atoms. The maximum absolute atomic E-state index is 12.6. The molecule has 0 aliphatic carbocycles. The summed E-state index contributed by atoms with van der Waals surface area (Å²) < 4.78 is 37.8. The van der Waals surface area contributed by atoms with Crippen LogP contribution in [0.5, 0.6) is 0 Å². The van der Waals surface area contributed by atoms with Gasteiger partial charge in [-0.25, -0.2) is 14.7 Å². The lowest BCUT2D eigenvalue weighted by Crippen LogP contribution is -2.25. The molecule has 1 N–H and O–H groups in total. The summed E-state index contributed by atoms with van der Waals surface area (Å²) in [7, 11) is 0. The van der Waals surface area contributed by atoms with Gasteiger partial charge in [0.15, 0.2) is 0 Å². The predicted molar refractivity (Wildman–Crippen MR) is 65.8 cm³/mol. The summed E-state index contributed by atoms with van der Waals surface area (Å²) in [5, 5.41) is 9.18. The zero-order valence-corrected chi connectivity index (χ0v) is 10.0. The van der Waals surface area contributed by atoms with E-state index in [0.29, 0.717) is 4.90 Å². The van der Waals surface area contributed by atoms with E-state index < -0.39 is 18.0 Å². The molecule has 0 saturated carbocycles. The molecule has 2 rings (SSSR count). The van der Waals surface area contributed by atoms with E-state index in [4.69, 9.17) is 0 Å². The molecule has 0 bridgehead atoms. The first-order valence-corrected chi connectivity index (χ1v) is 5.52. The van der Waals surface area contributed by atoms with E-state index in [9.17, 15) is 23.1 Å². The fraction of sp³-hybridized carbons (Fsp3) is 0.0769. The number of hydrogen-bond donors (Lipinski definition) is 1. The summed E-state index contributed by atoms with van der Waals surface area (Å²) in [4.78, 5) is 15.3. The molecule has 0 fully saturated rings. The zero-order chi connectivity index (χ0) is 14.8. The molecule has 1 aromatic heterocycles. The molecule has 1 amide bonds. The number of halogens is 3. The van der Waals surface area contributed by atoms with Gasteiger partial charge < -0.3 is 5.11 Å². The summed E-state index contributed by atoms with van der Waals surface area (Å²) in [6, 6.07) is 10.9. The van der Waals surface area contributed by atoms with Gasteiger partial charge in [-0.15, -0.1) is 0 Å². The van der Waals surface area contributed by atoms with Crippen LogP contribution in [0.1, 0.15) is 5.69 Å². The van der Waals surface area contributed by atoms with Crippen LogP contribution in [0.15, 0.2) is 48.5 Å². The average Bonchev–Trinajstić information content (AvgIpc) is 2.39. The van der Waals surface area contributed by atoms with Crippen molar-refractivity contribution in [2.75, 3.05) is 4.90 Å². The number of rotatable bonds is 2. The molecule has 0 atom stereocenters. The van der Waals surface area contributed by atoms with Gasteiger partial charge in [-0.05, 0) is 24.3 Å². The molecular weight excluding hydrogens is 273 g/mol. The van der Waals surface area contributed by atoms with E-state index in [0.717, 1.165) is 12.1 Å². The normalized spacial score (nSPS) is 11.2. The van der Waals surface area contributed by atoms with Gasteiger partial charge in [0.25, 0.3) is 0 Å². The smallest absolute Gasteiger partial charge is 0.433 e. The molecule has 104 valence electrons. The topological polar surface area (TPSA) is 53.4 Å². The maximum Gasteiger partial charge on any atom is 0.433 e. The van der Waals surface area contributed by atoms with Crippen LogP contribution in [-0.2, 0) is 6.18 Å². The zero-order valence-electron chi connectivity index (χ0n) is 10.0. The third kappa shape index (κ3) is 2.87. The Kier molecular flexibility index (Phi) is 3.60. The molecule has 0 aliphatic heterocycles. The molecule has 1 aromatic carbocycles. The first-order chi connectivity index (χ1) is 9.39. The Balaban J connectivity index is 2.49. The molecule has 7 heteroatoms. The summed E-state index contributed by atoms with van der Waals surface area (Å²) >= 11 is 0. The number of carbonyl (C=O) groups is 1. The molecule has 0 aliphatic rings. The lowest BCUT2D eigenvalue weighted by atomic mass is 10.2. The van der Waals surface area contributed by atoms with Crippen LogP contribution in [0.25, 0.3) is 0 Å². The lowest BCUT2D eigenvalue weighted by molar-refractivity contribution is -0.141. The fourth-order valence-corrected chi connectivity index (χ4v) is 1.62. The monoisotopic (exact) mass is 282 g/mol. The van der Waals surface area contributed by atoms with Crippen LogP contribution < -0.4 is 4.90 Å². The highest BCUT2D eigenvalue weighted by molar-refractivity contribution is 5.93. The Hall–Kier alpha value is -2.57. The van der Waals surface area contributed by atoms with Gasteiger partial charge in [-0.1, -0.05) is 24.3 Å². The summed E-state index contributed by atoms with van der Waals surface area (Å²) in [6.07, 6.45) is -6.04. The van der Waals surface area contributed by atoms with Crippen molar-refractivity contribution in [1.29, 1.82) is 0 Å². The standard InChI is InChI=1S/C13H9F3N2O2/c14-13(15,16)10-7-4-8-11(17-10)18(12(19)20)9-5-2-1-3-6-9/h1-8H,(H,19,20). The number of carboxylic acid groups (broad SMARTS) is 1. The molecule has 0 saturated heterocycles. The predicted octanol–water partition coefficient (Wildman–Crippen LogP) is 3.92. The van der Waals surface area contributed by atoms with Gasteiger partial charge in [0.1, 0.15) is 11.5 Å². The number of alkyl halides is 3. The van der Waals surface area contributed by atoms with Crippen molar-refractivity contribution in [2.45, 2.75) is 6.18 Å². The number of para-hydroxylation sites is 1. The SMILES string of the molecule is O=C(O)N(c1ccccc1)c1cccc(C(F)(F)F)n1. The average molecular weight is 282 g/mol. The van der Waals surface area contributed by atoms with Crippen LogP contribution in [0.2, 0.25) is 0 Å². The molecule has 20 heavy (non-hydrogen) atoms. The van der Waals surface area contributed by atoms with E-state index >= 15 is 0 Å². The fourth-order valence-electron chi connectivity index (χ4n) is 1.62. The highest BCUT2D eigenvalue weighted by Gasteiger charge is 2.33. The van der Waals surface area contributed by atoms with E-state index in [1.165, 1.54) is 18.2 Å². The summed E-state index contributed by atoms with van der Waals surface area (Å²) in [5.74, 6) is -0.307. The highest BCUT2D eigenvalue weighted by Crippen LogP contribution is 2.30. The summed E-state index contributed by atoms with van der Waals surface area (Å²) in [6.45, 7) is 0. The van der Waals surface area contributed by atoms with E-state index in [2.05, 4.69) is 4.98 Å². The largest absolute Gasteiger partial charge is 0.464 e. The van der Waals surface area contributed by atoms with Crippen molar-refractivity contribution in [2.24, 2.45) is 0 Å². The van der Waals surface area contributed by atoms with Gasteiger partial charge in [0.2, 0.25) is 0 Å². The summed E-state index contributed by atoms with van der Waals surface area (Å²) in [5.41, 5.74) is -0.927. The molecular formula is C13H9F3N2O2. The van der Waals surface area contributed by atoms with Gasteiger partial charge in [0, 0.05) is 0 Å². The minimum absolute atomic E-state index is 0.215. The van der Waals surface area contributed by atoms with Gasteiger partial charge in [-0.2, -0.15) is 13.2 Å². The Morgan fingerprint density at radius 2 is 1.70 bits per heavy atom. The number of anilines is 2. The Morgan fingerprint density at radius 3 is 2.25 bits per heavy atom. The van der Waals surface area contributed by atoms with Crippen LogP contribution >= 0.6 is 0 Å². The first kappa shape index (κ1) is 13.9. The van der Waals surface area contributed by atoms with Crippen LogP contribution in [0, 0.1) is 0 Å². The van der Waals surface area contributed by atoms with Gasteiger partial charge in [-0.3, -0.25) is 0 Å². The molecule has 1 heterocycles. The van der Waals surface area contributed by atoms with Crippen molar-refractivity contribution < 1.29 is 23.1 Å². The van der Waals surface area contributed by atoms with E-state index in [1.54, 1.807) is 18.2 Å². The second-order valence-corrected chi connectivity index (χ2v) is 3.83. The molecule has 0 unspecified atom stereocenters.